The van der Waals surface area contributed by atoms with Gasteiger partial charge in [0.1, 0.15) is 0 Å². The molecule has 0 saturated carbocycles. The highest BCUT2D eigenvalue weighted by atomic mass is 32.2. The third kappa shape index (κ3) is 3.74. The molecule has 2 amide bonds. The van der Waals surface area contributed by atoms with Gasteiger partial charge in [0.25, 0.3) is 0 Å². The van der Waals surface area contributed by atoms with Crippen LogP contribution in [-0.2, 0) is 9.59 Å². The van der Waals surface area contributed by atoms with Crippen molar-refractivity contribution in [2.24, 2.45) is 0 Å². The third-order valence-corrected chi connectivity index (χ3v) is 5.88. The van der Waals surface area contributed by atoms with Gasteiger partial charge in [-0.05, 0) is 30.5 Å². The van der Waals surface area contributed by atoms with Crippen LogP contribution in [0.2, 0.25) is 0 Å². The van der Waals surface area contributed by atoms with E-state index in [0.29, 0.717) is 16.7 Å². The minimum atomic E-state index is -0.226. The summed E-state index contributed by atoms with van der Waals surface area (Å²) in [4.78, 5) is 32.1. The molecular formula is C18H17N5O2S2. The Bertz CT molecular complexity index is 970. The first-order chi connectivity index (χ1) is 13.1. The number of fused-ring (bicyclic) bond motifs is 1. The Kier molecular flexibility index (Phi) is 4.95. The largest absolute Gasteiger partial charge is 0.324 e. The molecule has 4 rings (SSSR count). The fraction of sp³-hybridized carbons (Fsp3) is 0.222. The summed E-state index contributed by atoms with van der Waals surface area (Å²) < 4.78 is 0. The van der Waals surface area contributed by atoms with E-state index in [4.69, 9.17) is 0 Å². The van der Waals surface area contributed by atoms with Crippen LogP contribution in [-0.4, -0.2) is 38.8 Å². The maximum absolute atomic E-state index is 12.9. The fourth-order valence-electron chi connectivity index (χ4n) is 3.00. The molecule has 3 aromatic rings. The molecule has 0 bridgehead atoms. The van der Waals surface area contributed by atoms with Crippen molar-refractivity contribution in [3.63, 3.8) is 0 Å². The molecule has 1 aromatic carbocycles. The lowest BCUT2D eigenvalue weighted by atomic mass is 10.2. The van der Waals surface area contributed by atoms with E-state index in [1.54, 1.807) is 22.3 Å². The Balaban J connectivity index is 1.50. The van der Waals surface area contributed by atoms with E-state index in [1.807, 2.05) is 42.6 Å². The van der Waals surface area contributed by atoms with Crippen molar-refractivity contribution >= 4 is 46.3 Å². The van der Waals surface area contributed by atoms with Gasteiger partial charge in [0.15, 0.2) is 5.82 Å². The molecule has 0 aliphatic carbocycles. The number of aromatic nitrogens is 3. The summed E-state index contributed by atoms with van der Waals surface area (Å²) in [6.07, 6.45) is 0.258. The highest BCUT2D eigenvalue weighted by Gasteiger charge is 2.29. The topological polar surface area (TPSA) is 91.0 Å². The first-order valence-electron chi connectivity index (χ1n) is 8.42. The smallest absolute Gasteiger partial charge is 0.237 e. The molecule has 1 aliphatic heterocycles. The number of aromatic amines is 1. The summed E-state index contributed by atoms with van der Waals surface area (Å²) in [6.45, 7) is 1.88. The number of rotatable bonds is 4. The zero-order valence-electron chi connectivity index (χ0n) is 14.5. The second kappa shape index (κ2) is 7.53. The van der Waals surface area contributed by atoms with Gasteiger partial charge in [-0.2, -0.15) is 0 Å². The Morgan fingerprint density at radius 1 is 1.33 bits per heavy atom. The number of hydrogen-bond donors (Lipinski definition) is 2. The number of anilines is 2. The van der Waals surface area contributed by atoms with Crippen molar-refractivity contribution in [2.45, 2.75) is 24.5 Å². The standard InChI is InChI=1S/C18H17N5O2S2/c1-11-9-15(24)19-12-5-2-3-6-13(12)23(11)16(25)10-27-18-20-17(21-22-18)14-7-4-8-26-14/h2-8,11H,9-10H2,1H3,(H,19,24)(H,20,21,22). The van der Waals surface area contributed by atoms with E-state index in [9.17, 15) is 9.59 Å². The molecule has 1 atom stereocenters. The predicted molar refractivity (Wildman–Crippen MR) is 107 cm³/mol. The maximum Gasteiger partial charge on any atom is 0.237 e. The summed E-state index contributed by atoms with van der Waals surface area (Å²) in [5.74, 6) is 0.712. The number of amides is 2. The first kappa shape index (κ1) is 17.7. The predicted octanol–water partition coefficient (Wildman–Crippen LogP) is 3.39. The van der Waals surface area contributed by atoms with Crippen LogP contribution in [0.5, 0.6) is 0 Å². The molecular weight excluding hydrogens is 382 g/mol. The number of hydrogen-bond acceptors (Lipinski definition) is 6. The van der Waals surface area contributed by atoms with Crippen molar-refractivity contribution in [2.75, 3.05) is 16.0 Å². The Morgan fingerprint density at radius 3 is 3.00 bits per heavy atom. The number of thiophene rings is 1. The summed E-state index contributed by atoms with van der Waals surface area (Å²) in [7, 11) is 0. The van der Waals surface area contributed by atoms with Crippen molar-refractivity contribution in [3.05, 3.63) is 41.8 Å². The molecule has 0 saturated heterocycles. The van der Waals surface area contributed by atoms with Crippen LogP contribution in [0.1, 0.15) is 13.3 Å². The summed E-state index contributed by atoms with van der Waals surface area (Å²) in [5.41, 5.74) is 1.37. The van der Waals surface area contributed by atoms with Crippen molar-refractivity contribution in [3.8, 4) is 10.7 Å². The molecule has 2 N–H and O–H groups in total. The zero-order chi connectivity index (χ0) is 18.8. The van der Waals surface area contributed by atoms with Gasteiger partial charge in [-0.1, -0.05) is 30.0 Å². The van der Waals surface area contributed by atoms with Crippen molar-refractivity contribution < 1.29 is 9.59 Å². The second-order valence-corrected chi connectivity index (χ2v) is 8.00. The number of H-pyrrole nitrogens is 1. The molecule has 9 heteroatoms. The van der Waals surface area contributed by atoms with Gasteiger partial charge in [0, 0.05) is 12.5 Å². The van der Waals surface area contributed by atoms with Gasteiger partial charge in [-0.25, -0.2) is 4.98 Å². The van der Waals surface area contributed by atoms with E-state index < -0.39 is 0 Å². The van der Waals surface area contributed by atoms with Crippen LogP contribution in [0.4, 0.5) is 11.4 Å². The molecule has 1 aliphatic rings. The van der Waals surface area contributed by atoms with Gasteiger partial charge < -0.3 is 10.2 Å². The van der Waals surface area contributed by atoms with Crippen LogP contribution >= 0.6 is 23.1 Å². The van der Waals surface area contributed by atoms with Crippen LogP contribution in [0.15, 0.2) is 46.9 Å². The number of benzene rings is 1. The Morgan fingerprint density at radius 2 is 2.19 bits per heavy atom. The lowest BCUT2D eigenvalue weighted by molar-refractivity contribution is -0.117. The minimum absolute atomic E-state index is 0.0843. The normalized spacial score (nSPS) is 16.6. The molecule has 1 unspecified atom stereocenters. The molecule has 0 spiro atoms. The monoisotopic (exact) mass is 399 g/mol. The van der Waals surface area contributed by atoms with Gasteiger partial charge >= 0.3 is 0 Å². The van der Waals surface area contributed by atoms with Gasteiger partial charge in [0.05, 0.1) is 22.0 Å². The second-order valence-electron chi connectivity index (χ2n) is 6.11. The molecule has 138 valence electrons. The van der Waals surface area contributed by atoms with Gasteiger partial charge in [-0.15, -0.1) is 16.4 Å². The van der Waals surface area contributed by atoms with E-state index in [-0.39, 0.29) is 30.0 Å². The maximum atomic E-state index is 12.9. The molecule has 27 heavy (non-hydrogen) atoms. The van der Waals surface area contributed by atoms with Crippen LogP contribution in [0, 0.1) is 0 Å². The highest BCUT2D eigenvalue weighted by molar-refractivity contribution is 7.99. The zero-order valence-corrected chi connectivity index (χ0v) is 16.1. The Labute approximate surface area is 164 Å². The molecule has 0 fully saturated rings. The summed E-state index contributed by atoms with van der Waals surface area (Å²) in [5, 5.41) is 12.4. The van der Waals surface area contributed by atoms with Crippen molar-refractivity contribution in [1.29, 1.82) is 0 Å². The van der Waals surface area contributed by atoms with Crippen LogP contribution in [0.3, 0.4) is 0 Å². The molecule has 0 radical (unpaired) electrons. The minimum Gasteiger partial charge on any atom is -0.324 e. The first-order valence-corrected chi connectivity index (χ1v) is 10.3. The van der Waals surface area contributed by atoms with E-state index in [0.717, 1.165) is 10.6 Å². The lowest BCUT2D eigenvalue weighted by Crippen LogP contribution is -2.40. The van der Waals surface area contributed by atoms with E-state index >= 15 is 0 Å². The summed E-state index contributed by atoms with van der Waals surface area (Å²) in [6, 6.07) is 11.0. The number of para-hydroxylation sites is 2. The molecule has 7 nitrogen and oxygen atoms in total. The quantitative estimate of drug-likeness (QED) is 0.656. The number of nitrogens with one attached hydrogen (secondary N) is 2. The highest BCUT2D eigenvalue weighted by Crippen LogP contribution is 2.32. The lowest BCUT2D eigenvalue weighted by Gasteiger charge is -2.27. The SMILES string of the molecule is CC1CC(=O)Nc2ccccc2N1C(=O)CSc1n[nH]c(-c2cccs2)n1. The fourth-order valence-corrected chi connectivity index (χ4v) is 4.32. The third-order valence-electron chi connectivity index (χ3n) is 4.17. The van der Waals surface area contributed by atoms with Gasteiger partial charge in [0.2, 0.25) is 17.0 Å². The number of carbonyl (C=O) groups excluding carboxylic acids is 2. The average molecular weight is 400 g/mol. The van der Waals surface area contributed by atoms with E-state index in [1.165, 1.54) is 11.8 Å². The van der Waals surface area contributed by atoms with Gasteiger partial charge in [-0.3, -0.25) is 14.7 Å². The van der Waals surface area contributed by atoms with Crippen molar-refractivity contribution in [1.82, 2.24) is 15.2 Å². The Hall–Kier alpha value is -2.65. The average Bonchev–Trinajstić information content (AvgIpc) is 3.30. The molecule has 3 heterocycles. The van der Waals surface area contributed by atoms with Crippen LogP contribution < -0.4 is 10.2 Å². The van der Waals surface area contributed by atoms with Crippen LogP contribution in [0.25, 0.3) is 10.7 Å². The summed E-state index contributed by atoms with van der Waals surface area (Å²) >= 11 is 2.85. The molecule has 2 aromatic heterocycles. The number of thioether (sulfide) groups is 1. The number of nitrogens with zero attached hydrogens (tertiary/aromatic N) is 3. The van der Waals surface area contributed by atoms with E-state index in [2.05, 4.69) is 20.5 Å². The number of carbonyl (C=O) groups is 2.